The first-order valence-electron chi connectivity index (χ1n) is 11.2. The number of para-hydroxylation sites is 1. The number of nitrogens with one attached hydrogen (secondary N) is 2. The number of benzene rings is 2. The lowest BCUT2D eigenvalue weighted by atomic mass is 10.2. The van der Waals surface area contributed by atoms with E-state index >= 15 is 0 Å². The molecule has 1 aliphatic heterocycles. The minimum atomic E-state index is -3.41. The van der Waals surface area contributed by atoms with E-state index < -0.39 is 9.84 Å². The summed E-state index contributed by atoms with van der Waals surface area (Å²) in [5.74, 6) is 0.681. The van der Waals surface area contributed by atoms with Crippen molar-refractivity contribution in [2.24, 2.45) is 0 Å². The number of hydrogen-bond acceptors (Lipinski definition) is 8. The van der Waals surface area contributed by atoms with Crippen molar-refractivity contribution in [2.75, 3.05) is 49.6 Å². The van der Waals surface area contributed by atoms with Gasteiger partial charge in [0.15, 0.2) is 15.7 Å². The van der Waals surface area contributed by atoms with Crippen molar-refractivity contribution in [2.45, 2.75) is 18.4 Å². The zero-order valence-corrected chi connectivity index (χ0v) is 20.9. The van der Waals surface area contributed by atoms with Gasteiger partial charge in [-0.05, 0) is 36.9 Å². The molecule has 8 nitrogen and oxygen atoms in total. The highest BCUT2D eigenvalue weighted by molar-refractivity contribution is 7.91. The molecule has 0 bridgehead atoms. The largest absolute Gasteiger partial charge is 0.338 e. The molecular weight excluding hydrogens is 472 g/mol. The molecule has 34 heavy (non-hydrogen) atoms. The van der Waals surface area contributed by atoms with Gasteiger partial charge in [-0.1, -0.05) is 42.8 Å². The normalized spacial score (nSPS) is 15.3. The summed E-state index contributed by atoms with van der Waals surface area (Å²) < 4.78 is 24.9. The number of halogens is 1. The van der Waals surface area contributed by atoms with E-state index in [1.807, 2.05) is 12.1 Å². The predicted octanol–water partition coefficient (Wildman–Crippen LogP) is 4.16. The Morgan fingerprint density at radius 3 is 2.41 bits per heavy atom. The third-order valence-electron chi connectivity index (χ3n) is 5.81. The maximum absolute atomic E-state index is 12.4. The van der Waals surface area contributed by atoms with Crippen LogP contribution in [0.15, 0.2) is 59.6 Å². The number of rotatable bonds is 8. The predicted molar refractivity (Wildman–Crippen MR) is 137 cm³/mol. The zero-order chi connectivity index (χ0) is 24.1. The molecule has 1 aliphatic rings. The Hall–Kier alpha value is -2.72. The first kappa shape index (κ1) is 24.4. The topological polar surface area (TPSA) is 90.5 Å². The fourth-order valence-corrected chi connectivity index (χ4v) is 4.92. The fourth-order valence-electron chi connectivity index (χ4n) is 3.73. The first-order valence-corrected chi connectivity index (χ1v) is 13.3. The first-order chi connectivity index (χ1) is 16.3. The number of hydrogen-bond donors (Lipinski definition) is 2. The lowest BCUT2D eigenvalue weighted by molar-refractivity contribution is 0.148. The summed E-state index contributed by atoms with van der Waals surface area (Å²) in [6.07, 6.45) is 1.48. The summed E-state index contributed by atoms with van der Waals surface area (Å²) in [6.45, 7) is 6.89. The van der Waals surface area contributed by atoms with Gasteiger partial charge in [-0.25, -0.2) is 13.4 Å². The Labute approximate surface area is 205 Å². The van der Waals surface area contributed by atoms with Crippen molar-refractivity contribution in [3.05, 3.63) is 65.3 Å². The van der Waals surface area contributed by atoms with Crippen LogP contribution in [0.4, 0.5) is 23.1 Å². The van der Waals surface area contributed by atoms with Crippen molar-refractivity contribution in [3.8, 4) is 0 Å². The Morgan fingerprint density at radius 1 is 1.00 bits per heavy atom. The number of anilines is 4. The van der Waals surface area contributed by atoms with Gasteiger partial charge in [-0.15, -0.1) is 0 Å². The molecule has 1 aromatic heterocycles. The number of likely N-dealkylation sites (N-methyl/N-ethyl adjacent to an activating group) is 1. The molecule has 1 fully saturated rings. The van der Waals surface area contributed by atoms with Crippen LogP contribution >= 0.6 is 11.6 Å². The van der Waals surface area contributed by atoms with Gasteiger partial charge in [-0.3, -0.25) is 4.90 Å². The molecule has 2 N–H and O–H groups in total. The van der Waals surface area contributed by atoms with Crippen LogP contribution in [0.25, 0.3) is 0 Å². The molecule has 0 spiro atoms. The van der Waals surface area contributed by atoms with Crippen LogP contribution in [0.3, 0.4) is 0 Å². The molecule has 0 unspecified atom stereocenters. The SMILES string of the molecule is CCS(=O)(=O)c1ccccc1Nc1nc(Nc2ccc(CN3CCN(C)CC3)cc2)ncc1Cl. The average Bonchev–Trinajstić information content (AvgIpc) is 2.84. The van der Waals surface area contributed by atoms with E-state index in [-0.39, 0.29) is 15.7 Å². The lowest BCUT2D eigenvalue weighted by Crippen LogP contribution is -2.43. The summed E-state index contributed by atoms with van der Waals surface area (Å²) in [5, 5.41) is 6.53. The summed E-state index contributed by atoms with van der Waals surface area (Å²) in [7, 11) is -1.25. The maximum Gasteiger partial charge on any atom is 0.229 e. The third-order valence-corrected chi connectivity index (χ3v) is 7.87. The Morgan fingerprint density at radius 2 is 1.71 bits per heavy atom. The quantitative estimate of drug-likeness (QED) is 0.476. The standard InChI is InChI=1S/C24H29ClN6O2S/c1-3-34(32,33)22-7-5-4-6-21(22)28-23-20(25)16-26-24(29-23)27-19-10-8-18(9-11-19)17-31-14-12-30(2)13-15-31/h4-11,16H,3,12-15,17H2,1-2H3,(H2,26,27,28,29). The van der Waals surface area contributed by atoms with E-state index in [9.17, 15) is 8.42 Å². The Balaban J connectivity index is 1.46. The van der Waals surface area contributed by atoms with Crippen molar-refractivity contribution in [1.82, 2.24) is 19.8 Å². The second-order valence-corrected chi connectivity index (χ2v) is 11.0. The number of nitrogens with zero attached hydrogens (tertiary/aromatic N) is 4. The van der Waals surface area contributed by atoms with Gasteiger partial charge < -0.3 is 15.5 Å². The van der Waals surface area contributed by atoms with Crippen LogP contribution in [-0.4, -0.2) is 67.2 Å². The van der Waals surface area contributed by atoms with Gasteiger partial charge in [0.2, 0.25) is 5.95 Å². The van der Waals surface area contributed by atoms with E-state index in [2.05, 4.69) is 49.6 Å². The second-order valence-electron chi connectivity index (χ2n) is 8.32. The van der Waals surface area contributed by atoms with Gasteiger partial charge in [0.1, 0.15) is 5.02 Å². The average molecular weight is 501 g/mol. The highest BCUT2D eigenvalue weighted by atomic mass is 35.5. The van der Waals surface area contributed by atoms with Crippen LogP contribution in [0.2, 0.25) is 5.02 Å². The van der Waals surface area contributed by atoms with Gasteiger partial charge >= 0.3 is 0 Å². The molecule has 3 aromatic rings. The molecule has 0 radical (unpaired) electrons. The van der Waals surface area contributed by atoms with Crippen LogP contribution in [0.1, 0.15) is 12.5 Å². The van der Waals surface area contributed by atoms with Crippen molar-refractivity contribution >= 4 is 44.6 Å². The maximum atomic E-state index is 12.4. The second kappa shape index (κ2) is 10.7. The van der Waals surface area contributed by atoms with E-state index in [0.717, 1.165) is 38.4 Å². The van der Waals surface area contributed by atoms with E-state index in [4.69, 9.17) is 11.6 Å². The van der Waals surface area contributed by atoms with Crippen molar-refractivity contribution in [1.29, 1.82) is 0 Å². The Kier molecular flexibility index (Phi) is 7.67. The zero-order valence-electron chi connectivity index (χ0n) is 19.3. The number of piperazine rings is 1. The molecule has 1 saturated heterocycles. The van der Waals surface area contributed by atoms with E-state index in [1.165, 1.54) is 11.8 Å². The lowest BCUT2D eigenvalue weighted by Gasteiger charge is -2.32. The number of aromatic nitrogens is 2. The summed E-state index contributed by atoms with van der Waals surface area (Å²) in [4.78, 5) is 13.7. The monoisotopic (exact) mass is 500 g/mol. The van der Waals surface area contributed by atoms with Crippen LogP contribution in [0.5, 0.6) is 0 Å². The summed E-state index contributed by atoms with van der Waals surface area (Å²) in [5.41, 5.74) is 2.52. The van der Waals surface area contributed by atoms with Crippen LogP contribution in [0, 0.1) is 0 Å². The van der Waals surface area contributed by atoms with Crippen LogP contribution < -0.4 is 10.6 Å². The third kappa shape index (κ3) is 6.04. The fraction of sp³-hybridized carbons (Fsp3) is 0.333. The van der Waals surface area contributed by atoms with Gasteiger partial charge in [-0.2, -0.15) is 4.98 Å². The van der Waals surface area contributed by atoms with Crippen molar-refractivity contribution in [3.63, 3.8) is 0 Å². The molecule has 4 rings (SSSR count). The smallest absolute Gasteiger partial charge is 0.229 e. The van der Waals surface area contributed by atoms with Crippen molar-refractivity contribution < 1.29 is 8.42 Å². The molecule has 10 heteroatoms. The molecular formula is C24H29ClN6O2S. The summed E-state index contributed by atoms with van der Waals surface area (Å²) >= 11 is 6.30. The molecule has 0 aliphatic carbocycles. The number of sulfone groups is 1. The van der Waals surface area contributed by atoms with Crippen LogP contribution in [-0.2, 0) is 16.4 Å². The molecule has 0 amide bonds. The highest BCUT2D eigenvalue weighted by Gasteiger charge is 2.18. The molecule has 0 saturated carbocycles. The molecule has 2 heterocycles. The van der Waals surface area contributed by atoms with Gasteiger partial charge in [0.05, 0.1) is 22.5 Å². The summed E-state index contributed by atoms with van der Waals surface area (Å²) in [6, 6.07) is 14.9. The molecule has 180 valence electrons. The van der Waals surface area contributed by atoms with E-state index in [1.54, 1.807) is 31.2 Å². The van der Waals surface area contributed by atoms with E-state index in [0.29, 0.717) is 17.5 Å². The molecule has 0 atom stereocenters. The highest BCUT2D eigenvalue weighted by Crippen LogP contribution is 2.29. The minimum Gasteiger partial charge on any atom is -0.338 e. The minimum absolute atomic E-state index is 0.000802. The molecule has 2 aromatic carbocycles. The van der Waals surface area contributed by atoms with Gasteiger partial charge in [0.25, 0.3) is 0 Å². The Bertz CT molecular complexity index is 1230. The van der Waals surface area contributed by atoms with Gasteiger partial charge in [0, 0.05) is 38.4 Å².